The molecule has 28 heavy (non-hydrogen) atoms. The Morgan fingerprint density at radius 2 is 1.93 bits per heavy atom. The normalized spacial score (nSPS) is 23.4. The fourth-order valence-electron chi connectivity index (χ4n) is 4.36. The zero-order chi connectivity index (χ0) is 20.2. The van der Waals surface area contributed by atoms with Crippen molar-refractivity contribution >= 4 is 22.6 Å². The molecule has 2 atom stereocenters. The Morgan fingerprint density at radius 1 is 1.21 bits per heavy atom. The Bertz CT molecular complexity index is 999. The van der Waals surface area contributed by atoms with Gasteiger partial charge in [-0.2, -0.15) is 0 Å². The van der Waals surface area contributed by atoms with Gasteiger partial charge in [-0.15, -0.1) is 0 Å². The SMILES string of the molecule is CCN1CC(C)N(c2cc3c(cc2F)c(=O)c(C(=O)O)cn3C2CC2)CC1C. The van der Waals surface area contributed by atoms with Crippen LogP contribution >= 0.6 is 0 Å². The minimum absolute atomic E-state index is 0.140. The van der Waals surface area contributed by atoms with Crippen LogP contribution in [0, 0.1) is 5.82 Å². The van der Waals surface area contributed by atoms with E-state index in [0.29, 0.717) is 23.8 Å². The summed E-state index contributed by atoms with van der Waals surface area (Å²) in [6.07, 6.45) is 3.30. The lowest BCUT2D eigenvalue weighted by molar-refractivity contribution is 0.0695. The van der Waals surface area contributed by atoms with E-state index in [4.69, 9.17) is 0 Å². The summed E-state index contributed by atoms with van der Waals surface area (Å²) in [5.74, 6) is -1.75. The number of carbonyl (C=O) groups is 1. The Kier molecular flexibility index (Phi) is 4.65. The van der Waals surface area contributed by atoms with E-state index >= 15 is 4.39 Å². The summed E-state index contributed by atoms with van der Waals surface area (Å²) in [5.41, 5.74) is 0.179. The largest absolute Gasteiger partial charge is 0.477 e. The van der Waals surface area contributed by atoms with Gasteiger partial charge in [-0.05, 0) is 45.4 Å². The molecule has 0 amide bonds. The Balaban J connectivity index is 1.86. The number of hydrogen-bond donors (Lipinski definition) is 1. The van der Waals surface area contributed by atoms with E-state index in [0.717, 1.165) is 25.9 Å². The summed E-state index contributed by atoms with van der Waals surface area (Å²) in [4.78, 5) is 28.5. The molecule has 1 saturated heterocycles. The molecule has 7 heteroatoms. The fourth-order valence-corrected chi connectivity index (χ4v) is 4.36. The van der Waals surface area contributed by atoms with Crippen molar-refractivity contribution in [3.8, 4) is 0 Å². The van der Waals surface area contributed by atoms with Crippen molar-refractivity contribution in [1.29, 1.82) is 0 Å². The van der Waals surface area contributed by atoms with Crippen molar-refractivity contribution in [3.63, 3.8) is 0 Å². The van der Waals surface area contributed by atoms with E-state index in [1.807, 2.05) is 4.57 Å². The second-order valence-electron chi connectivity index (χ2n) is 8.07. The van der Waals surface area contributed by atoms with Crippen LogP contribution < -0.4 is 10.3 Å². The van der Waals surface area contributed by atoms with E-state index in [2.05, 4.69) is 30.6 Å². The standard InChI is InChI=1S/C21H26FN3O3/c1-4-23-9-13(3)24(10-12(23)2)19-8-18-15(7-17(19)22)20(26)16(21(27)28)11-25(18)14-5-6-14/h7-8,11-14H,4-6,9-10H2,1-3H3,(H,27,28). The molecule has 0 spiro atoms. The van der Waals surface area contributed by atoms with Gasteiger partial charge in [0, 0.05) is 42.8 Å². The van der Waals surface area contributed by atoms with Crippen molar-refractivity contribution in [2.75, 3.05) is 24.5 Å². The lowest BCUT2D eigenvalue weighted by Gasteiger charge is -2.45. The predicted octanol–water partition coefficient (Wildman–Crippen LogP) is 3.09. The van der Waals surface area contributed by atoms with Crippen LogP contribution in [0.3, 0.4) is 0 Å². The van der Waals surface area contributed by atoms with Crippen molar-refractivity contribution in [1.82, 2.24) is 9.47 Å². The summed E-state index contributed by atoms with van der Waals surface area (Å²) < 4.78 is 16.9. The second-order valence-corrected chi connectivity index (χ2v) is 8.07. The van der Waals surface area contributed by atoms with Gasteiger partial charge < -0.3 is 14.6 Å². The van der Waals surface area contributed by atoms with Crippen LogP contribution in [0.15, 0.2) is 23.1 Å². The molecule has 1 N–H and O–H groups in total. The average Bonchev–Trinajstić information content (AvgIpc) is 3.48. The van der Waals surface area contributed by atoms with Crippen LogP contribution in [0.5, 0.6) is 0 Å². The van der Waals surface area contributed by atoms with E-state index in [-0.39, 0.29) is 23.0 Å². The summed E-state index contributed by atoms with van der Waals surface area (Å²) >= 11 is 0. The maximum atomic E-state index is 15.1. The first-order valence-electron chi connectivity index (χ1n) is 9.94. The average molecular weight is 387 g/mol. The molecule has 6 nitrogen and oxygen atoms in total. The van der Waals surface area contributed by atoms with Crippen LogP contribution in [0.1, 0.15) is 50.0 Å². The second kappa shape index (κ2) is 6.88. The number of carboxylic acids is 1. The van der Waals surface area contributed by atoms with E-state index in [1.165, 1.54) is 12.3 Å². The molecule has 2 aromatic rings. The van der Waals surface area contributed by atoms with Crippen LogP contribution in [-0.4, -0.2) is 52.3 Å². The van der Waals surface area contributed by atoms with Crippen molar-refractivity contribution in [2.45, 2.75) is 51.7 Å². The number of nitrogens with zero attached hydrogens (tertiary/aromatic N) is 3. The fraction of sp³-hybridized carbons (Fsp3) is 0.524. The number of likely N-dealkylation sites (N-methyl/N-ethyl adjacent to an activating group) is 1. The number of aromatic carboxylic acids is 1. The van der Waals surface area contributed by atoms with Crippen LogP contribution in [0.2, 0.25) is 0 Å². The molecule has 1 aliphatic carbocycles. The van der Waals surface area contributed by atoms with Crippen molar-refractivity contribution < 1.29 is 14.3 Å². The number of halogens is 1. The smallest absolute Gasteiger partial charge is 0.341 e. The predicted molar refractivity (Wildman–Crippen MR) is 107 cm³/mol. The first-order valence-corrected chi connectivity index (χ1v) is 9.94. The van der Waals surface area contributed by atoms with Gasteiger partial charge in [0.15, 0.2) is 0 Å². The van der Waals surface area contributed by atoms with Gasteiger partial charge in [-0.25, -0.2) is 9.18 Å². The number of hydrogen-bond acceptors (Lipinski definition) is 4. The molecule has 0 bridgehead atoms. The van der Waals surface area contributed by atoms with Crippen LogP contribution in [0.4, 0.5) is 10.1 Å². The molecule has 2 heterocycles. The van der Waals surface area contributed by atoms with Gasteiger partial charge in [-0.3, -0.25) is 9.69 Å². The molecule has 4 rings (SSSR count). The van der Waals surface area contributed by atoms with E-state index in [1.54, 1.807) is 6.07 Å². The van der Waals surface area contributed by atoms with Gasteiger partial charge in [-0.1, -0.05) is 6.92 Å². The molecule has 0 radical (unpaired) electrons. The van der Waals surface area contributed by atoms with Gasteiger partial charge >= 0.3 is 5.97 Å². The van der Waals surface area contributed by atoms with Crippen molar-refractivity contribution in [3.05, 3.63) is 39.9 Å². The minimum atomic E-state index is -1.27. The third-order valence-electron chi connectivity index (χ3n) is 6.10. The highest BCUT2D eigenvalue weighted by Crippen LogP contribution is 2.38. The number of piperazine rings is 1. The highest BCUT2D eigenvalue weighted by molar-refractivity contribution is 5.93. The Hall–Kier alpha value is -2.41. The van der Waals surface area contributed by atoms with Gasteiger partial charge in [0.2, 0.25) is 5.43 Å². The topological polar surface area (TPSA) is 65.8 Å². The number of benzene rings is 1. The Morgan fingerprint density at radius 3 is 2.54 bits per heavy atom. The van der Waals surface area contributed by atoms with E-state index < -0.39 is 17.2 Å². The first-order chi connectivity index (χ1) is 13.3. The molecule has 1 aromatic heterocycles. The molecular weight excluding hydrogens is 361 g/mol. The Labute approximate surface area is 163 Å². The highest BCUT2D eigenvalue weighted by atomic mass is 19.1. The molecule has 2 aliphatic rings. The lowest BCUT2D eigenvalue weighted by Crippen LogP contribution is -2.56. The van der Waals surface area contributed by atoms with Crippen molar-refractivity contribution in [2.24, 2.45) is 0 Å². The number of pyridine rings is 1. The number of fused-ring (bicyclic) bond motifs is 1. The minimum Gasteiger partial charge on any atom is -0.477 e. The third kappa shape index (κ3) is 3.07. The molecule has 1 aromatic carbocycles. The zero-order valence-electron chi connectivity index (χ0n) is 16.5. The quantitative estimate of drug-likeness (QED) is 0.873. The van der Waals surface area contributed by atoms with Gasteiger partial charge in [0.05, 0.1) is 11.2 Å². The van der Waals surface area contributed by atoms with E-state index in [9.17, 15) is 14.7 Å². The summed E-state index contributed by atoms with van der Waals surface area (Å²) in [6.45, 7) is 8.86. The molecule has 1 saturated carbocycles. The summed E-state index contributed by atoms with van der Waals surface area (Å²) in [5, 5.41) is 9.51. The van der Waals surface area contributed by atoms with Crippen LogP contribution in [0.25, 0.3) is 10.9 Å². The summed E-state index contributed by atoms with van der Waals surface area (Å²) in [7, 11) is 0. The molecule has 1 aliphatic heterocycles. The molecular formula is C21H26FN3O3. The van der Waals surface area contributed by atoms with Gasteiger partial charge in [0.25, 0.3) is 0 Å². The number of aromatic nitrogens is 1. The number of carboxylic acid groups (broad SMARTS) is 1. The molecule has 2 unspecified atom stereocenters. The van der Waals surface area contributed by atoms with Gasteiger partial charge in [0.1, 0.15) is 11.4 Å². The number of rotatable bonds is 4. The lowest BCUT2D eigenvalue weighted by atomic mass is 10.0. The monoisotopic (exact) mass is 387 g/mol. The maximum Gasteiger partial charge on any atom is 0.341 e. The third-order valence-corrected chi connectivity index (χ3v) is 6.10. The molecule has 150 valence electrons. The first kappa shape index (κ1) is 18.9. The molecule has 2 fully saturated rings. The summed E-state index contributed by atoms with van der Waals surface area (Å²) in [6, 6.07) is 3.58. The van der Waals surface area contributed by atoms with Crippen LogP contribution in [-0.2, 0) is 0 Å². The zero-order valence-corrected chi connectivity index (χ0v) is 16.5. The maximum absolute atomic E-state index is 15.1. The number of anilines is 1. The highest BCUT2D eigenvalue weighted by Gasteiger charge is 2.31.